The molecule has 0 heterocycles. The fourth-order valence-electron chi connectivity index (χ4n) is 1.52. The van der Waals surface area contributed by atoms with E-state index < -0.39 is 28.4 Å². The van der Waals surface area contributed by atoms with Crippen LogP contribution in [0.2, 0.25) is 0 Å². The van der Waals surface area contributed by atoms with E-state index in [2.05, 4.69) is 0 Å². The molecule has 3 nitrogen and oxygen atoms in total. The van der Waals surface area contributed by atoms with Gasteiger partial charge in [-0.15, -0.1) is 0 Å². The molecule has 0 aliphatic heterocycles. The smallest absolute Gasteiger partial charge is 0.336 e. The Balaban J connectivity index is 2.50. The Morgan fingerprint density at radius 2 is 1.74 bits per heavy atom. The van der Waals surface area contributed by atoms with Crippen LogP contribution in [0.15, 0.2) is 52.3 Å². The molecule has 0 saturated carbocycles. The standard InChI is InChI=1S/C13H8F2O3S/c14-10-6-5-8(7-11(10)15)19(18)12-4-2-1-3-9(12)13(16)17/h1-7H,(H,16,17). The van der Waals surface area contributed by atoms with E-state index in [0.717, 1.165) is 18.2 Å². The van der Waals surface area contributed by atoms with Gasteiger partial charge in [-0.25, -0.2) is 17.8 Å². The number of hydrogen-bond acceptors (Lipinski definition) is 2. The summed E-state index contributed by atoms with van der Waals surface area (Å²) in [6.07, 6.45) is 0. The lowest BCUT2D eigenvalue weighted by atomic mass is 10.2. The largest absolute Gasteiger partial charge is 0.478 e. The van der Waals surface area contributed by atoms with Crippen molar-refractivity contribution in [2.24, 2.45) is 0 Å². The second-order valence-corrected chi connectivity index (χ2v) is 5.09. The first-order valence-corrected chi connectivity index (χ1v) is 6.35. The summed E-state index contributed by atoms with van der Waals surface area (Å²) >= 11 is 0. The Labute approximate surface area is 110 Å². The maximum Gasteiger partial charge on any atom is 0.336 e. The summed E-state index contributed by atoms with van der Waals surface area (Å²) < 4.78 is 38.1. The predicted molar refractivity (Wildman–Crippen MR) is 64.4 cm³/mol. The molecule has 0 radical (unpaired) electrons. The number of halogens is 2. The molecule has 1 N–H and O–H groups in total. The lowest BCUT2D eigenvalue weighted by Gasteiger charge is -2.06. The lowest BCUT2D eigenvalue weighted by Crippen LogP contribution is -2.04. The monoisotopic (exact) mass is 282 g/mol. The van der Waals surface area contributed by atoms with Crippen LogP contribution >= 0.6 is 0 Å². The first kappa shape index (κ1) is 13.4. The average molecular weight is 282 g/mol. The second-order valence-electron chi connectivity index (χ2n) is 3.65. The van der Waals surface area contributed by atoms with E-state index in [1.165, 1.54) is 24.3 Å². The van der Waals surface area contributed by atoms with Crippen molar-refractivity contribution in [3.05, 3.63) is 59.7 Å². The minimum Gasteiger partial charge on any atom is -0.478 e. The summed E-state index contributed by atoms with van der Waals surface area (Å²) in [6, 6.07) is 8.51. The van der Waals surface area contributed by atoms with Crippen LogP contribution in [-0.4, -0.2) is 15.3 Å². The summed E-state index contributed by atoms with van der Waals surface area (Å²) in [5.41, 5.74) is -0.134. The highest BCUT2D eigenvalue weighted by atomic mass is 32.2. The number of carboxylic acid groups (broad SMARTS) is 1. The van der Waals surface area contributed by atoms with E-state index in [-0.39, 0.29) is 15.4 Å². The zero-order valence-corrected chi connectivity index (χ0v) is 10.3. The molecule has 2 aromatic carbocycles. The van der Waals surface area contributed by atoms with E-state index in [1.54, 1.807) is 0 Å². The van der Waals surface area contributed by atoms with Gasteiger partial charge in [-0.05, 0) is 30.3 Å². The van der Waals surface area contributed by atoms with Crippen molar-refractivity contribution in [2.45, 2.75) is 9.79 Å². The predicted octanol–water partition coefficient (Wildman–Crippen LogP) is 2.83. The van der Waals surface area contributed by atoms with Crippen LogP contribution in [0.3, 0.4) is 0 Å². The Morgan fingerprint density at radius 3 is 2.37 bits per heavy atom. The molecule has 0 aliphatic rings. The van der Waals surface area contributed by atoms with Crippen LogP contribution < -0.4 is 0 Å². The number of hydrogen-bond donors (Lipinski definition) is 1. The third-order valence-electron chi connectivity index (χ3n) is 2.42. The molecule has 19 heavy (non-hydrogen) atoms. The summed E-state index contributed by atoms with van der Waals surface area (Å²) in [7, 11) is -1.88. The molecule has 0 aromatic heterocycles. The maximum absolute atomic E-state index is 13.1. The van der Waals surface area contributed by atoms with Gasteiger partial charge in [-0.1, -0.05) is 12.1 Å². The molecule has 0 fully saturated rings. The Hall–Kier alpha value is -2.08. The van der Waals surface area contributed by atoms with Gasteiger partial charge in [-0.3, -0.25) is 0 Å². The zero-order chi connectivity index (χ0) is 14.0. The van der Waals surface area contributed by atoms with Crippen LogP contribution in [0.4, 0.5) is 8.78 Å². The minimum absolute atomic E-state index is 0.00704. The van der Waals surface area contributed by atoms with E-state index in [1.807, 2.05) is 0 Å². The lowest BCUT2D eigenvalue weighted by molar-refractivity contribution is 0.0693. The molecule has 1 atom stereocenters. The van der Waals surface area contributed by atoms with Gasteiger partial charge >= 0.3 is 5.97 Å². The Bertz CT molecular complexity index is 671. The van der Waals surface area contributed by atoms with Gasteiger partial charge in [0.05, 0.1) is 21.3 Å². The maximum atomic E-state index is 13.1. The molecule has 98 valence electrons. The molecule has 0 amide bonds. The number of benzene rings is 2. The van der Waals surface area contributed by atoms with Gasteiger partial charge in [-0.2, -0.15) is 0 Å². The highest BCUT2D eigenvalue weighted by Gasteiger charge is 2.17. The molecule has 2 aromatic rings. The van der Waals surface area contributed by atoms with Gasteiger partial charge in [0, 0.05) is 4.90 Å². The first-order chi connectivity index (χ1) is 9.00. The molecule has 0 saturated heterocycles. The molecule has 0 aliphatic carbocycles. The number of rotatable bonds is 3. The normalized spacial score (nSPS) is 12.1. The summed E-state index contributed by atoms with van der Waals surface area (Å²) in [6.45, 7) is 0. The van der Waals surface area contributed by atoms with Gasteiger partial charge in [0.2, 0.25) is 0 Å². The summed E-state index contributed by atoms with van der Waals surface area (Å²) in [5, 5.41) is 8.99. The van der Waals surface area contributed by atoms with Crippen molar-refractivity contribution < 1.29 is 22.9 Å². The SMILES string of the molecule is O=C(O)c1ccccc1S(=O)c1ccc(F)c(F)c1. The molecule has 0 spiro atoms. The number of carbonyl (C=O) groups is 1. The first-order valence-electron chi connectivity index (χ1n) is 5.20. The van der Waals surface area contributed by atoms with E-state index in [0.29, 0.717) is 0 Å². The third kappa shape index (κ3) is 2.68. The van der Waals surface area contributed by atoms with Gasteiger partial charge in [0.25, 0.3) is 0 Å². The van der Waals surface area contributed by atoms with Crippen molar-refractivity contribution in [2.75, 3.05) is 0 Å². The topological polar surface area (TPSA) is 54.4 Å². The van der Waals surface area contributed by atoms with Crippen LogP contribution in [0, 0.1) is 11.6 Å². The molecular weight excluding hydrogens is 274 g/mol. The molecular formula is C13H8F2O3S. The number of carboxylic acids is 1. The molecule has 2 rings (SSSR count). The van der Waals surface area contributed by atoms with E-state index >= 15 is 0 Å². The van der Waals surface area contributed by atoms with Crippen molar-refractivity contribution >= 4 is 16.8 Å². The van der Waals surface area contributed by atoms with Crippen LogP contribution in [-0.2, 0) is 10.8 Å². The summed E-state index contributed by atoms with van der Waals surface area (Å²) in [4.78, 5) is 11.1. The van der Waals surface area contributed by atoms with E-state index in [9.17, 15) is 17.8 Å². The van der Waals surface area contributed by atoms with Gasteiger partial charge < -0.3 is 5.11 Å². The van der Waals surface area contributed by atoms with Gasteiger partial charge in [0.1, 0.15) is 0 Å². The van der Waals surface area contributed by atoms with Crippen LogP contribution in [0.25, 0.3) is 0 Å². The van der Waals surface area contributed by atoms with Crippen molar-refractivity contribution in [1.29, 1.82) is 0 Å². The molecule has 0 bridgehead atoms. The third-order valence-corrected chi connectivity index (χ3v) is 3.86. The fourth-order valence-corrected chi connectivity index (χ4v) is 2.74. The highest BCUT2D eigenvalue weighted by Crippen LogP contribution is 2.21. The van der Waals surface area contributed by atoms with Gasteiger partial charge in [0.15, 0.2) is 11.6 Å². The second kappa shape index (κ2) is 5.27. The minimum atomic E-state index is -1.88. The average Bonchev–Trinajstić information content (AvgIpc) is 2.41. The van der Waals surface area contributed by atoms with Crippen LogP contribution in [0.1, 0.15) is 10.4 Å². The molecule has 1 unspecified atom stereocenters. The quantitative estimate of drug-likeness (QED) is 0.941. The zero-order valence-electron chi connectivity index (χ0n) is 9.47. The summed E-state index contributed by atoms with van der Waals surface area (Å²) in [5.74, 6) is -3.41. The highest BCUT2D eigenvalue weighted by molar-refractivity contribution is 7.85. The Morgan fingerprint density at radius 1 is 1.05 bits per heavy atom. The Kier molecular flexibility index (Phi) is 3.71. The van der Waals surface area contributed by atoms with Crippen molar-refractivity contribution in [1.82, 2.24) is 0 Å². The van der Waals surface area contributed by atoms with E-state index in [4.69, 9.17) is 5.11 Å². The molecule has 6 heteroatoms. The van der Waals surface area contributed by atoms with Crippen molar-refractivity contribution in [3.8, 4) is 0 Å². The van der Waals surface area contributed by atoms with Crippen LogP contribution in [0.5, 0.6) is 0 Å². The fraction of sp³-hybridized carbons (Fsp3) is 0. The number of aromatic carboxylic acids is 1. The van der Waals surface area contributed by atoms with Crippen molar-refractivity contribution in [3.63, 3.8) is 0 Å².